The molecule has 9 heteroatoms. The number of ketones is 1. The third kappa shape index (κ3) is 2.83. The molecule has 6 aliphatic rings. The maximum Gasteiger partial charge on any atom is 0.334 e. The Hall–Kier alpha value is -2.23. The fourth-order valence-electron chi connectivity index (χ4n) is 10.6. The molecule has 5 bridgehead atoms. The molecule has 4 saturated carbocycles. The zero-order valence-electron chi connectivity index (χ0n) is 21.7. The molecule has 2 spiro atoms. The van der Waals surface area contributed by atoms with Crippen LogP contribution in [0.1, 0.15) is 64.2 Å². The summed E-state index contributed by atoms with van der Waals surface area (Å²) in [6.07, 6.45) is 11.6. The highest BCUT2D eigenvalue weighted by Gasteiger charge is 2.83. The van der Waals surface area contributed by atoms with E-state index in [0.717, 1.165) is 44.1 Å². The number of aliphatic imine (C=N–C) groups is 1. The van der Waals surface area contributed by atoms with Crippen LogP contribution < -0.4 is 11.1 Å². The molecule has 0 amide bonds. The normalized spacial score (nSPS) is 44.4. The van der Waals surface area contributed by atoms with Gasteiger partial charge in [-0.05, 0) is 74.2 Å². The Bertz CT molecular complexity index is 1120. The Labute approximate surface area is 217 Å². The molecule has 5 aliphatic carbocycles. The summed E-state index contributed by atoms with van der Waals surface area (Å²) < 4.78 is 0. The minimum atomic E-state index is -1.95. The van der Waals surface area contributed by atoms with Crippen LogP contribution >= 0.6 is 0 Å². The number of carbonyl (C=O) groups excluding carboxylic acids is 1. The Morgan fingerprint density at radius 1 is 1.27 bits per heavy atom. The van der Waals surface area contributed by atoms with Gasteiger partial charge in [-0.25, -0.2) is 4.79 Å². The molecule has 0 radical (unpaired) electrons. The van der Waals surface area contributed by atoms with Gasteiger partial charge in [0.2, 0.25) is 0 Å². The van der Waals surface area contributed by atoms with Crippen molar-refractivity contribution < 1.29 is 24.9 Å². The first kappa shape index (κ1) is 25.1. The van der Waals surface area contributed by atoms with Gasteiger partial charge in [0.05, 0.1) is 12.2 Å². The van der Waals surface area contributed by atoms with Gasteiger partial charge < -0.3 is 31.3 Å². The molecule has 1 heterocycles. The van der Waals surface area contributed by atoms with Crippen LogP contribution in [0.5, 0.6) is 0 Å². The largest absolute Gasteiger partial charge is 0.478 e. The molecule has 0 aromatic heterocycles. The van der Waals surface area contributed by atoms with Crippen molar-refractivity contribution in [2.75, 3.05) is 26.7 Å². The lowest BCUT2D eigenvalue weighted by molar-refractivity contribution is -0.213. The molecule has 37 heavy (non-hydrogen) atoms. The second-order valence-electron chi connectivity index (χ2n) is 12.3. The van der Waals surface area contributed by atoms with Crippen LogP contribution in [0, 0.1) is 28.1 Å². The molecule has 0 unspecified atom stereocenters. The Morgan fingerprint density at radius 3 is 2.78 bits per heavy atom. The standard InChI is InChI=1S/C28H40N4O5/c1-30-24(29)32-12-7-18(15-31-11-13-33)28-17-5-9-25(10-6-20(28)32)8-3-2-4-21(34)26(37)16-27(25,28)19(14-17)22(26)23(35)36/h7,12,17-18,20,31,33,37H,2-6,8-11,13-16H2,1H3,(H2,29,30)(H,35,36)/t17-,18-,20-,25-,26-,27-,28-/m1/s1. The van der Waals surface area contributed by atoms with Crippen molar-refractivity contribution >= 4 is 17.7 Å². The number of rotatable bonds is 5. The van der Waals surface area contributed by atoms with E-state index in [1.165, 1.54) is 0 Å². The van der Waals surface area contributed by atoms with Crippen molar-refractivity contribution in [1.29, 1.82) is 0 Å². The number of nitrogens with one attached hydrogen (secondary N) is 1. The summed E-state index contributed by atoms with van der Waals surface area (Å²) in [5, 5.41) is 35.6. The number of allylic oxidation sites excluding steroid dienone is 1. The smallest absolute Gasteiger partial charge is 0.334 e. The summed E-state index contributed by atoms with van der Waals surface area (Å²) in [6.45, 7) is 1.15. The number of fused-ring (bicyclic) bond motifs is 1. The van der Waals surface area contributed by atoms with Crippen molar-refractivity contribution in [2.45, 2.75) is 75.9 Å². The van der Waals surface area contributed by atoms with Crippen LogP contribution in [0.2, 0.25) is 0 Å². The quantitative estimate of drug-likeness (QED) is 0.212. The summed E-state index contributed by atoms with van der Waals surface area (Å²) in [5.74, 6) is -0.785. The van der Waals surface area contributed by atoms with Crippen LogP contribution in [0.3, 0.4) is 0 Å². The molecule has 1 aliphatic heterocycles. The number of aliphatic hydroxyl groups excluding tert-OH is 1. The van der Waals surface area contributed by atoms with Gasteiger partial charge in [-0.3, -0.25) is 9.79 Å². The number of aliphatic hydroxyl groups is 2. The molecule has 0 aromatic rings. The fourth-order valence-corrected chi connectivity index (χ4v) is 10.6. The van der Waals surface area contributed by atoms with Gasteiger partial charge in [0, 0.05) is 49.6 Å². The van der Waals surface area contributed by atoms with Gasteiger partial charge in [-0.15, -0.1) is 0 Å². The molecular formula is C28H40N4O5. The summed E-state index contributed by atoms with van der Waals surface area (Å²) in [5.41, 5.74) is 4.19. The van der Waals surface area contributed by atoms with Crippen LogP contribution in [-0.4, -0.2) is 76.3 Å². The number of carbonyl (C=O) groups is 2. The van der Waals surface area contributed by atoms with Gasteiger partial charge in [-0.1, -0.05) is 12.5 Å². The number of carboxylic acids is 1. The SMILES string of the molecule is CN=C(N)N1C=C[C@H](CNCCO)[C@@]23[C@@H]4CC[C@]5(CCCCC(=O)[C@]6(O)C[C@@]52C(=C6C(=O)O)C4)CC[C@@H]13. The van der Waals surface area contributed by atoms with E-state index in [2.05, 4.69) is 21.3 Å². The first-order chi connectivity index (χ1) is 17.7. The molecule has 6 rings (SSSR count). The second-order valence-corrected chi connectivity index (χ2v) is 12.3. The number of hydrogen-bond acceptors (Lipinski definition) is 6. The fraction of sp³-hybridized carbons (Fsp3) is 0.750. The minimum absolute atomic E-state index is 0.00805. The maximum absolute atomic E-state index is 13.6. The lowest BCUT2D eigenvalue weighted by Gasteiger charge is -2.72. The molecule has 0 aromatic carbocycles. The summed E-state index contributed by atoms with van der Waals surface area (Å²) >= 11 is 0. The maximum atomic E-state index is 13.6. The molecule has 4 fully saturated rings. The van der Waals surface area contributed by atoms with E-state index < -0.39 is 22.4 Å². The number of aliphatic carboxylic acids is 1. The average Bonchev–Trinajstić information content (AvgIpc) is 3.26. The molecule has 9 nitrogen and oxygen atoms in total. The highest BCUT2D eigenvalue weighted by molar-refractivity contribution is 6.04. The Balaban J connectivity index is 1.66. The number of guanidine groups is 1. The molecule has 7 atom stereocenters. The first-order valence-corrected chi connectivity index (χ1v) is 14.0. The summed E-state index contributed by atoms with van der Waals surface area (Å²) in [6, 6.07) is -0.00805. The van der Waals surface area contributed by atoms with Crippen molar-refractivity contribution in [1.82, 2.24) is 10.2 Å². The summed E-state index contributed by atoms with van der Waals surface area (Å²) in [7, 11) is 1.69. The van der Waals surface area contributed by atoms with Gasteiger partial charge in [0.15, 0.2) is 17.3 Å². The molecular weight excluding hydrogens is 472 g/mol. The van der Waals surface area contributed by atoms with E-state index in [-0.39, 0.29) is 54.1 Å². The minimum Gasteiger partial charge on any atom is -0.478 e. The molecule has 6 N–H and O–H groups in total. The third-order valence-corrected chi connectivity index (χ3v) is 11.5. The number of nitrogens with zero attached hydrogens (tertiary/aromatic N) is 2. The lowest BCUT2D eigenvalue weighted by atomic mass is 9.34. The van der Waals surface area contributed by atoms with E-state index in [1.54, 1.807) is 7.05 Å². The van der Waals surface area contributed by atoms with Crippen LogP contribution in [0.4, 0.5) is 0 Å². The molecule has 202 valence electrons. The van der Waals surface area contributed by atoms with E-state index in [9.17, 15) is 24.9 Å². The van der Waals surface area contributed by atoms with Gasteiger partial charge in [-0.2, -0.15) is 0 Å². The van der Waals surface area contributed by atoms with Gasteiger partial charge in [0.1, 0.15) is 0 Å². The van der Waals surface area contributed by atoms with E-state index >= 15 is 0 Å². The van der Waals surface area contributed by atoms with Crippen LogP contribution in [0.15, 0.2) is 28.4 Å². The predicted octanol–water partition coefficient (Wildman–Crippen LogP) is 1.55. The Kier molecular flexibility index (Phi) is 5.68. The number of Topliss-reactive ketones (excluding diaryl/α,β-unsaturated/α-hetero) is 1. The average molecular weight is 513 g/mol. The van der Waals surface area contributed by atoms with Crippen molar-refractivity contribution in [2.24, 2.45) is 38.8 Å². The van der Waals surface area contributed by atoms with Gasteiger partial charge in [0.25, 0.3) is 0 Å². The van der Waals surface area contributed by atoms with Crippen molar-refractivity contribution in [3.05, 3.63) is 23.4 Å². The number of carboxylic acid groups (broad SMARTS) is 1. The topological polar surface area (TPSA) is 148 Å². The predicted molar refractivity (Wildman–Crippen MR) is 137 cm³/mol. The zero-order valence-corrected chi connectivity index (χ0v) is 21.7. The number of nitrogens with two attached hydrogens (primary N) is 1. The van der Waals surface area contributed by atoms with E-state index in [4.69, 9.17) is 5.73 Å². The third-order valence-electron chi connectivity index (χ3n) is 11.5. The highest BCUT2D eigenvalue weighted by Crippen LogP contribution is 2.85. The lowest BCUT2D eigenvalue weighted by Crippen LogP contribution is -2.72. The van der Waals surface area contributed by atoms with E-state index in [1.807, 2.05) is 6.20 Å². The van der Waals surface area contributed by atoms with Crippen LogP contribution in [-0.2, 0) is 9.59 Å². The zero-order chi connectivity index (χ0) is 26.2. The Morgan fingerprint density at radius 2 is 2.05 bits per heavy atom. The van der Waals surface area contributed by atoms with Crippen molar-refractivity contribution in [3.8, 4) is 0 Å². The van der Waals surface area contributed by atoms with Gasteiger partial charge >= 0.3 is 5.97 Å². The number of hydrogen-bond donors (Lipinski definition) is 5. The highest BCUT2D eigenvalue weighted by atomic mass is 16.4. The monoisotopic (exact) mass is 512 g/mol. The second kappa shape index (κ2) is 8.38. The first-order valence-electron chi connectivity index (χ1n) is 14.0. The van der Waals surface area contributed by atoms with Crippen LogP contribution in [0.25, 0.3) is 0 Å². The summed E-state index contributed by atoms with van der Waals surface area (Å²) in [4.78, 5) is 32.9. The van der Waals surface area contributed by atoms with Crippen molar-refractivity contribution in [3.63, 3.8) is 0 Å². The molecule has 0 saturated heterocycles. The van der Waals surface area contributed by atoms with E-state index in [0.29, 0.717) is 31.9 Å².